The molecule has 20 heavy (non-hydrogen) atoms. The molecule has 0 spiro atoms. The van der Waals surface area contributed by atoms with Gasteiger partial charge in [0, 0.05) is 23.7 Å². The lowest BCUT2D eigenvalue weighted by Gasteiger charge is -2.15. The fourth-order valence-corrected chi connectivity index (χ4v) is 2.52. The number of hydrogen-bond acceptors (Lipinski definition) is 3. The van der Waals surface area contributed by atoms with Crippen molar-refractivity contribution in [2.45, 2.75) is 18.0 Å². The minimum atomic E-state index is 0.860. The molecule has 2 aromatic carbocycles. The number of thioether (sulfide) groups is 1. The maximum Gasteiger partial charge on any atom is 0.0400 e. The van der Waals surface area contributed by atoms with Gasteiger partial charge < -0.3 is 10.2 Å². The van der Waals surface area contributed by atoms with Crippen LogP contribution in [0.1, 0.15) is 11.1 Å². The van der Waals surface area contributed by atoms with Crippen molar-refractivity contribution in [2.75, 3.05) is 25.7 Å². The molecule has 0 bridgehead atoms. The third kappa shape index (κ3) is 4.29. The van der Waals surface area contributed by atoms with Gasteiger partial charge in [-0.15, -0.1) is 11.8 Å². The van der Waals surface area contributed by atoms with Gasteiger partial charge in [-0.3, -0.25) is 0 Å². The summed E-state index contributed by atoms with van der Waals surface area (Å²) in [7, 11) is 4.19. The Labute approximate surface area is 126 Å². The number of nitrogens with one attached hydrogen (secondary N) is 1. The number of anilines is 1. The first-order chi connectivity index (χ1) is 9.69. The Bertz CT molecular complexity index is 535. The van der Waals surface area contributed by atoms with Crippen molar-refractivity contribution < 1.29 is 0 Å². The molecule has 0 aliphatic heterocycles. The van der Waals surface area contributed by atoms with E-state index in [1.54, 1.807) is 11.8 Å². The zero-order valence-corrected chi connectivity index (χ0v) is 13.2. The second-order valence-electron chi connectivity index (χ2n) is 5.10. The van der Waals surface area contributed by atoms with Gasteiger partial charge in [-0.25, -0.2) is 0 Å². The first-order valence-corrected chi connectivity index (χ1v) is 8.01. The largest absolute Gasteiger partial charge is 0.381 e. The summed E-state index contributed by atoms with van der Waals surface area (Å²) in [5.74, 6) is 0. The van der Waals surface area contributed by atoms with Crippen LogP contribution in [0.2, 0.25) is 0 Å². The maximum atomic E-state index is 3.54. The minimum Gasteiger partial charge on any atom is -0.381 e. The number of benzene rings is 2. The van der Waals surface area contributed by atoms with Gasteiger partial charge in [-0.1, -0.05) is 30.3 Å². The predicted octanol–water partition coefficient (Wildman–Crippen LogP) is 4.08. The molecule has 0 radical (unpaired) electrons. The average Bonchev–Trinajstić information content (AvgIpc) is 2.46. The van der Waals surface area contributed by atoms with Crippen LogP contribution >= 0.6 is 11.8 Å². The quantitative estimate of drug-likeness (QED) is 0.805. The minimum absolute atomic E-state index is 0.860. The number of hydrogen-bond donors (Lipinski definition) is 1. The smallest absolute Gasteiger partial charge is 0.0400 e. The van der Waals surface area contributed by atoms with Crippen molar-refractivity contribution in [1.29, 1.82) is 0 Å². The Morgan fingerprint density at radius 3 is 2.35 bits per heavy atom. The van der Waals surface area contributed by atoms with Crippen molar-refractivity contribution in [3.63, 3.8) is 0 Å². The standard InChI is InChI=1S/C17H22N2S/c1-19(2)13-15-6-4-5-7-17(15)18-12-14-8-10-16(20-3)11-9-14/h4-11,18H,12-13H2,1-3H3. The highest BCUT2D eigenvalue weighted by molar-refractivity contribution is 7.98. The summed E-state index contributed by atoms with van der Waals surface area (Å²) in [6.45, 7) is 1.81. The highest BCUT2D eigenvalue weighted by Gasteiger charge is 2.02. The summed E-state index contributed by atoms with van der Waals surface area (Å²) in [5, 5.41) is 3.54. The monoisotopic (exact) mass is 286 g/mol. The average molecular weight is 286 g/mol. The summed E-state index contributed by atoms with van der Waals surface area (Å²) < 4.78 is 0. The fraction of sp³-hybridized carbons (Fsp3) is 0.294. The molecule has 3 heteroatoms. The number of rotatable bonds is 6. The van der Waals surface area contributed by atoms with Crippen LogP contribution in [0.5, 0.6) is 0 Å². The van der Waals surface area contributed by atoms with Crippen molar-refractivity contribution >= 4 is 17.4 Å². The molecule has 2 aromatic rings. The Kier molecular flexibility index (Phi) is 5.50. The van der Waals surface area contributed by atoms with E-state index in [2.05, 4.69) is 79.1 Å². The Balaban J connectivity index is 2.02. The predicted molar refractivity (Wildman–Crippen MR) is 89.4 cm³/mol. The van der Waals surface area contributed by atoms with Gasteiger partial charge in [-0.05, 0) is 49.7 Å². The SMILES string of the molecule is CSc1ccc(CNc2ccccc2CN(C)C)cc1. The van der Waals surface area contributed by atoms with Crippen molar-refractivity contribution in [3.8, 4) is 0 Å². The molecule has 0 fully saturated rings. The van der Waals surface area contributed by atoms with E-state index in [0.717, 1.165) is 13.1 Å². The zero-order chi connectivity index (χ0) is 14.4. The van der Waals surface area contributed by atoms with Gasteiger partial charge in [0.05, 0.1) is 0 Å². The van der Waals surface area contributed by atoms with E-state index in [1.165, 1.54) is 21.7 Å². The van der Waals surface area contributed by atoms with Crippen molar-refractivity contribution in [3.05, 3.63) is 59.7 Å². The van der Waals surface area contributed by atoms with Gasteiger partial charge in [-0.2, -0.15) is 0 Å². The maximum absolute atomic E-state index is 3.54. The molecule has 1 N–H and O–H groups in total. The molecule has 0 atom stereocenters. The highest BCUT2D eigenvalue weighted by Crippen LogP contribution is 2.19. The molecule has 0 saturated carbocycles. The zero-order valence-electron chi connectivity index (χ0n) is 12.4. The van der Waals surface area contributed by atoms with E-state index in [-0.39, 0.29) is 0 Å². The molecule has 0 amide bonds. The molecule has 106 valence electrons. The third-order valence-electron chi connectivity index (χ3n) is 3.15. The normalized spacial score (nSPS) is 10.8. The Morgan fingerprint density at radius 2 is 1.70 bits per heavy atom. The summed E-state index contributed by atoms with van der Waals surface area (Å²) in [5.41, 5.74) is 3.86. The van der Waals surface area contributed by atoms with E-state index < -0.39 is 0 Å². The molecule has 0 saturated heterocycles. The lowest BCUT2D eigenvalue weighted by Crippen LogP contribution is -2.12. The van der Waals surface area contributed by atoms with Gasteiger partial charge in [0.1, 0.15) is 0 Å². The van der Waals surface area contributed by atoms with Crippen LogP contribution in [-0.4, -0.2) is 25.3 Å². The lowest BCUT2D eigenvalue weighted by atomic mass is 10.1. The van der Waals surface area contributed by atoms with Crippen molar-refractivity contribution in [1.82, 2.24) is 4.90 Å². The molecule has 2 nitrogen and oxygen atoms in total. The molecular formula is C17H22N2S. The molecular weight excluding hydrogens is 264 g/mol. The summed E-state index contributed by atoms with van der Waals surface area (Å²) in [6.07, 6.45) is 2.10. The molecule has 0 aliphatic rings. The Hall–Kier alpha value is -1.45. The van der Waals surface area contributed by atoms with Gasteiger partial charge in [0.25, 0.3) is 0 Å². The second-order valence-corrected chi connectivity index (χ2v) is 5.98. The van der Waals surface area contributed by atoms with E-state index in [4.69, 9.17) is 0 Å². The number of nitrogens with zero attached hydrogens (tertiary/aromatic N) is 1. The van der Waals surface area contributed by atoms with Crippen LogP contribution in [0, 0.1) is 0 Å². The van der Waals surface area contributed by atoms with Gasteiger partial charge in [0.15, 0.2) is 0 Å². The first-order valence-electron chi connectivity index (χ1n) is 6.78. The fourth-order valence-electron chi connectivity index (χ4n) is 2.11. The van der Waals surface area contributed by atoms with E-state index in [9.17, 15) is 0 Å². The molecule has 0 aromatic heterocycles. The van der Waals surface area contributed by atoms with E-state index >= 15 is 0 Å². The second kappa shape index (κ2) is 7.36. The molecule has 0 unspecified atom stereocenters. The van der Waals surface area contributed by atoms with Crippen LogP contribution < -0.4 is 5.32 Å². The van der Waals surface area contributed by atoms with Crippen LogP contribution in [0.15, 0.2) is 53.4 Å². The summed E-state index contributed by atoms with van der Waals surface area (Å²) >= 11 is 1.78. The molecule has 2 rings (SSSR count). The summed E-state index contributed by atoms with van der Waals surface area (Å²) in [6, 6.07) is 17.2. The Morgan fingerprint density at radius 1 is 1.00 bits per heavy atom. The first kappa shape index (κ1) is 14.9. The molecule has 0 heterocycles. The van der Waals surface area contributed by atoms with Crippen LogP contribution in [0.3, 0.4) is 0 Å². The summed E-state index contributed by atoms with van der Waals surface area (Å²) in [4.78, 5) is 3.50. The van der Waals surface area contributed by atoms with Crippen LogP contribution in [-0.2, 0) is 13.1 Å². The van der Waals surface area contributed by atoms with Gasteiger partial charge in [0.2, 0.25) is 0 Å². The third-order valence-corrected chi connectivity index (χ3v) is 3.89. The highest BCUT2D eigenvalue weighted by atomic mass is 32.2. The van der Waals surface area contributed by atoms with Crippen LogP contribution in [0.25, 0.3) is 0 Å². The number of para-hydroxylation sites is 1. The van der Waals surface area contributed by atoms with Crippen LogP contribution in [0.4, 0.5) is 5.69 Å². The molecule has 0 aliphatic carbocycles. The van der Waals surface area contributed by atoms with Crippen molar-refractivity contribution in [2.24, 2.45) is 0 Å². The van der Waals surface area contributed by atoms with E-state index in [1.807, 2.05) is 0 Å². The van der Waals surface area contributed by atoms with Gasteiger partial charge >= 0.3 is 0 Å². The topological polar surface area (TPSA) is 15.3 Å². The van der Waals surface area contributed by atoms with E-state index in [0.29, 0.717) is 0 Å². The lowest BCUT2D eigenvalue weighted by molar-refractivity contribution is 0.403.